The van der Waals surface area contributed by atoms with Gasteiger partial charge in [0.15, 0.2) is 0 Å². The quantitative estimate of drug-likeness (QED) is 0.714. The summed E-state index contributed by atoms with van der Waals surface area (Å²) in [5.74, 6) is 0. The summed E-state index contributed by atoms with van der Waals surface area (Å²) in [7, 11) is 0. The number of allylic oxidation sites excluding steroid dienone is 1. The largest absolute Gasteiger partial charge is 0.377 e. The Bertz CT molecular complexity index is 225. The van der Waals surface area contributed by atoms with Gasteiger partial charge < -0.3 is 10.1 Å². The van der Waals surface area contributed by atoms with Crippen LogP contribution >= 0.6 is 0 Å². The van der Waals surface area contributed by atoms with E-state index >= 15 is 0 Å². The second-order valence-corrected chi connectivity index (χ2v) is 4.93. The molecule has 2 atom stereocenters. The Morgan fingerprint density at radius 3 is 2.71 bits per heavy atom. The number of rotatable bonds is 6. The minimum Gasteiger partial charge on any atom is -0.377 e. The Morgan fingerprint density at radius 2 is 2.00 bits per heavy atom. The molecular formula is C15H29NO. The summed E-state index contributed by atoms with van der Waals surface area (Å²) in [5.41, 5.74) is 1.58. The van der Waals surface area contributed by atoms with Gasteiger partial charge in [-0.25, -0.2) is 0 Å². The van der Waals surface area contributed by atoms with Gasteiger partial charge in [0.2, 0.25) is 0 Å². The van der Waals surface area contributed by atoms with E-state index in [-0.39, 0.29) is 6.10 Å². The lowest BCUT2D eigenvalue weighted by Gasteiger charge is -2.28. The van der Waals surface area contributed by atoms with Gasteiger partial charge in [0.25, 0.3) is 0 Å². The van der Waals surface area contributed by atoms with Crippen LogP contribution in [0.25, 0.3) is 0 Å². The first-order valence-corrected chi connectivity index (χ1v) is 7.33. The van der Waals surface area contributed by atoms with E-state index in [1.54, 1.807) is 5.57 Å². The summed E-state index contributed by atoms with van der Waals surface area (Å²) < 4.78 is 5.78. The zero-order valence-corrected chi connectivity index (χ0v) is 11.8. The van der Waals surface area contributed by atoms with E-state index < -0.39 is 0 Å². The van der Waals surface area contributed by atoms with Crippen LogP contribution in [0.15, 0.2) is 11.6 Å². The standard InChI is InChI=1S/C15H29NO/c1-4-16-15(13(3)17-5-2)14-11-9-7-6-8-10-12-14/h11,13,15-16H,4-10,12H2,1-3H3. The molecule has 0 heterocycles. The van der Waals surface area contributed by atoms with Crippen LogP contribution in [0.5, 0.6) is 0 Å². The van der Waals surface area contributed by atoms with Gasteiger partial charge in [-0.3, -0.25) is 0 Å². The van der Waals surface area contributed by atoms with E-state index in [4.69, 9.17) is 4.74 Å². The van der Waals surface area contributed by atoms with Crippen molar-refractivity contribution in [2.45, 2.75) is 71.4 Å². The van der Waals surface area contributed by atoms with Gasteiger partial charge in [-0.05, 0) is 46.1 Å². The number of nitrogens with one attached hydrogen (secondary N) is 1. The first kappa shape index (κ1) is 14.7. The molecule has 1 N–H and O–H groups in total. The van der Waals surface area contributed by atoms with Crippen LogP contribution in [0, 0.1) is 0 Å². The highest BCUT2D eigenvalue weighted by molar-refractivity contribution is 5.13. The zero-order chi connectivity index (χ0) is 12.5. The van der Waals surface area contributed by atoms with Gasteiger partial charge in [-0.2, -0.15) is 0 Å². The van der Waals surface area contributed by atoms with Crippen molar-refractivity contribution in [1.82, 2.24) is 5.32 Å². The predicted octanol–water partition coefficient (Wildman–Crippen LogP) is 3.67. The number of hydrogen-bond donors (Lipinski definition) is 1. The lowest BCUT2D eigenvalue weighted by molar-refractivity contribution is 0.0559. The third kappa shape index (κ3) is 5.22. The summed E-state index contributed by atoms with van der Waals surface area (Å²) >= 11 is 0. The molecule has 1 aliphatic rings. The summed E-state index contributed by atoms with van der Waals surface area (Å²) in [4.78, 5) is 0. The zero-order valence-electron chi connectivity index (χ0n) is 11.8. The van der Waals surface area contributed by atoms with Crippen LogP contribution in [0.1, 0.15) is 59.3 Å². The Balaban J connectivity index is 2.65. The maximum atomic E-state index is 5.78. The van der Waals surface area contributed by atoms with Gasteiger partial charge in [-0.1, -0.05) is 31.4 Å². The lowest BCUT2D eigenvalue weighted by Crippen LogP contribution is -2.41. The van der Waals surface area contributed by atoms with Gasteiger partial charge in [-0.15, -0.1) is 0 Å². The molecule has 0 saturated carbocycles. The third-order valence-electron chi connectivity index (χ3n) is 3.55. The molecule has 17 heavy (non-hydrogen) atoms. The fourth-order valence-electron chi connectivity index (χ4n) is 2.68. The monoisotopic (exact) mass is 239 g/mol. The maximum Gasteiger partial charge on any atom is 0.0738 e. The molecule has 1 rings (SSSR count). The molecule has 0 saturated heterocycles. The smallest absolute Gasteiger partial charge is 0.0738 e. The average molecular weight is 239 g/mol. The highest BCUT2D eigenvalue weighted by Crippen LogP contribution is 2.22. The highest BCUT2D eigenvalue weighted by Gasteiger charge is 2.20. The molecule has 0 aromatic rings. The molecule has 1 aliphatic carbocycles. The van der Waals surface area contributed by atoms with E-state index in [0.717, 1.165) is 13.2 Å². The third-order valence-corrected chi connectivity index (χ3v) is 3.55. The molecule has 2 nitrogen and oxygen atoms in total. The van der Waals surface area contributed by atoms with E-state index in [1.165, 1.54) is 38.5 Å². The normalized spacial score (nSPS) is 21.2. The molecule has 100 valence electrons. The summed E-state index contributed by atoms with van der Waals surface area (Å²) in [6, 6.07) is 0.415. The molecule has 0 radical (unpaired) electrons. The first-order chi connectivity index (χ1) is 8.29. The maximum absolute atomic E-state index is 5.78. The second kappa shape index (κ2) is 8.71. The van der Waals surface area contributed by atoms with Crippen molar-refractivity contribution in [3.63, 3.8) is 0 Å². The number of hydrogen-bond acceptors (Lipinski definition) is 2. The van der Waals surface area contributed by atoms with Crippen molar-refractivity contribution >= 4 is 0 Å². The molecule has 0 bridgehead atoms. The second-order valence-electron chi connectivity index (χ2n) is 4.93. The van der Waals surface area contributed by atoms with Crippen molar-refractivity contribution in [3.05, 3.63) is 11.6 Å². The summed E-state index contributed by atoms with van der Waals surface area (Å²) in [5, 5.41) is 3.59. The van der Waals surface area contributed by atoms with Crippen molar-refractivity contribution in [3.8, 4) is 0 Å². The molecule has 0 aromatic heterocycles. The van der Waals surface area contributed by atoms with Crippen LogP contribution in [-0.4, -0.2) is 25.3 Å². The van der Waals surface area contributed by atoms with E-state index in [1.807, 2.05) is 0 Å². The molecule has 0 amide bonds. The van der Waals surface area contributed by atoms with Crippen LogP contribution < -0.4 is 5.32 Å². The number of likely N-dealkylation sites (N-methyl/N-ethyl adjacent to an activating group) is 1. The SMILES string of the molecule is CCNC(C1=CCCCCCC1)C(C)OCC. The molecule has 2 heteroatoms. The Hall–Kier alpha value is -0.340. The number of ether oxygens (including phenoxy) is 1. The van der Waals surface area contributed by atoms with E-state index in [9.17, 15) is 0 Å². The van der Waals surface area contributed by atoms with Crippen LogP contribution in [-0.2, 0) is 4.74 Å². The topological polar surface area (TPSA) is 21.3 Å². The van der Waals surface area contributed by atoms with Crippen molar-refractivity contribution in [1.29, 1.82) is 0 Å². The lowest BCUT2D eigenvalue weighted by atomic mass is 9.92. The van der Waals surface area contributed by atoms with E-state index in [0.29, 0.717) is 6.04 Å². The molecular weight excluding hydrogens is 210 g/mol. The Kier molecular flexibility index (Phi) is 7.54. The Morgan fingerprint density at radius 1 is 1.24 bits per heavy atom. The Labute approximate surface area is 107 Å². The van der Waals surface area contributed by atoms with Gasteiger partial charge in [0.05, 0.1) is 12.1 Å². The van der Waals surface area contributed by atoms with Crippen LogP contribution in [0.2, 0.25) is 0 Å². The molecule has 0 spiro atoms. The van der Waals surface area contributed by atoms with E-state index in [2.05, 4.69) is 32.2 Å². The van der Waals surface area contributed by atoms with Gasteiger partial charge >= 0.3 is 0 Å². The summed E-state index contributed by atoms with van der Waals surface area (Å²) in [6.45, 7) is 8.26. The molecule has 0 aromatic carbocycles. The molecule has 0 aliphatic heterocycles. The molecule has 2 unspecified atom stereocenters. The van der Waals surface area contributed by atoms with Crippen LogP contribution in [0.3, 0.4) is 0 Å². The van der Waals surface area contributed by atoms with Crippen molar-refractivity contribution in [2.24, 2.45) is 0 Å². The fraction of sp³-hybridized carbons (Fsp3) is 0.867. The average Bonchev–Trinajstić information content (AvgIpc) is 2.27. The van der Waals surface area contributed by atoms with Gasteiger partial charge in [0.1, 0.15) is 0 Å². The predicted molar refractivity (Wildman–Crippen MR) is 74.3 cm³/mol. The van der Waals surface area contributed by atoms with Crippen LogP contribution in [0.4, 0.5) is 0 Å². The first-order valence-electron chi connectivity index (χ1n) is 7.33. The van der Waals surface area contributed by atoms with Gasteiger partial charge in [0, 0.05) is 6.61 Å². The summed E-state index contributed by atoms with van der Waals surface area (Å²) in [6.07, 6.45) is 10.7. The highest BCUT2D eigenvalue weighted by atomic mass is 16.5. The molecule has 0 fully saturated rings. The minimum absolute atomic E-state index is 0.283. The van der Waals surface area contributed by atoms with Crippen molar-refractivity contribution in [2.75, 3.05) is 13.2 Å². The minimum atomic E-state index is 0.283. The fourth-order valence-corrected chi connectivity index (χ4v) is 2.68. The van der Waals surface area contributed by atoms with Crippen molar-refractivity contribution < 1.29 is 4.74 Å².